The second-order valence-corrected chi connectivity index (χ2v) is 17.7. The summed E-state index contributed by atoms with van der Waals surface area (Å²) in [5.41, 5.74) is -6.13. The monoisotopic (exact) mass is 766 g/mol. The molecule has 5 aliphatic rings. The van der Waals surface area contributed by atoms with Crippen LogP contribution in [-0.4, -0.2) is 94.6 Å². The third kappa shape index (κ3) is 6.17. The van der Waals surface area contributed by atoms with Crippen LogP contribution >= 0.6 is 0 Å². The van der Waals surface area contributed by atoms with Crippen molar-refractivity contribution in [1.82, 2.24) is 0 Å². The lowest BCUT2D eigenvalue weighted by molar-refractivity contribution is -0.397. The first-order chi connectivity index (χ1) is 25.7. The Kier molecular flexibility index (Phi) is 10.8. The van der Waals surface area contributed by atoms with E-state index < -0.39 is 100.0 Å². The van der Waals surface area contributed by atoms with Crippen LogP contribution in [0.1, 0.15) is 105 Å². The first-order valence-electron chi connectivity index (χ1n) is 19.5. The van der Waals surface area contributed by atoms with Crippen molar-refractivity contribution >= 4 is 23.9 Å². The van der Waals surface area contributed by atoms with Gasteiger partial charge < -0.3 is 38.6 Å². The zero-order valence-electron chi connectivity index (χ0n) is 33.6. The van der Waals surface area contributed by atoms with Gasteiger partial charge in [-0.2, -0.15) is 0 Å². The highest BCUT2D eigenvalue weighted by Gasteiger charge is 2.85. The molecular formula is C43H58O12. The van der Waals surface area contributed by atoms with E-state index in [1.165, 1.54) is 13.8 Å². The molecule has 0 spiro atoms. The standard InChI is InChI=1S/C43H58O12/c1-11-28-19-29-35(51-25(5)44)34-24(4)31(53-37(48)30(46)18-17-23(2)3)21-42(34,39(7,8)49)38(54-36(47)27-15-13-12-14-16-27)41(10)40(29,9)32(52-28)20-33-43(41,22-50-33)55-26(6)45/h11-16,23,28-33,35,38,46,49H,1,17-22H2,2-10H3/t28?,29-,30?,31-,32-,33+,35+,38-,40+,41-,42?,43-/m0/s1. The Morgan fingerprint density at radius 2 is 1.67 bits per heavy atom. The van der Waals surface area contributed by atoms with E-state index in [1.54, 1.807) is 57.2 Å². The van der Waals surface area contributed by atoms with E-state index in [4.69, 9.17) is 28.4 Å². The first kappa shape index (κ1) is 41.1. The van der Waals surface area contributed by atoms with Crippen molar-refractivity contribution in [2.45, 2.75) is 148 Å². The van der Waals surface area contributed by atoms with E-state index >= 15 is 0 Å². The summed E-state index contributed by atoms with van der Waals surface area (Å²) in [4.78, 5) is 54.8. The fourth-order valence-electron chi connectivity index (χ4n) is 11.1. The van der Waals surface area contributed by atoms with Crippen molar-refractivity contribution in [3.05, 3.63) is 59.7 Å². The summed E-state index contributed by atoms with van der Waals surface area (Å²) >= 11 is 0. The molecule has 0 aromatic heterocycles. The highest BCUT2D eigenvalue weighted by atomic mass is 16.6. The van der Waals surface area contributed by atoms with Gasteiger partial charge in [-0.05, 0) is 69.2 Å². The number of carbonyl (C=O) groups excluding carboxylic acids is 4. The topological polar surface area (TPSA) is 164 Å². The molecule has 2 heterocycles. The van der Waals surface area contributed by atoms with Gasteiger partial charge in [0.1, 0.15) is 24.4 Å². The number of esters is 4. The molecule has 12 heteroatoms. The number of aliphatic hydroxyl groups is 2. The van der Waals surface area contributed by atoms with Crippen LogP contribution in [0.15, 0.2) is 54.1 Å². The van der Waals surface area contributed by atoms with E-state index in [-0.39, 0.29) is 30.9 Å². The molecule has 302 valence electrons. The number of rotatable bonds is 11. The van der Waals surface area contributed by atoms with Gasteiger partial charge in [-0.1, -0.05) is 52.0 Å². The molecule has 1 aromatic carbocycles. The minimum atomic E-state index is -1.78. The number of fused-ring (bicyclic) bond motifs is 3. The van der Waals surface area contributed by atoms with Crippen LogP contribution in [0.4, 0.5) is 0 Å². The lowest BCUT2D eigenvalue weighted by Crippen LogP contribution is -2.84. The minimum absolute atomic E-state index is 0.0360. The van der Waals surface area contributed by atoms with Crippen molar-refractivity contribution < 1.29 is 57.8 Å². The average Bonchev–Trinajstić information content (AvgIpc) is 3.38. The quantitative estimate of drug-likeness (QED) is 0.167. The molecule has 0 bridgehead atoms. The Morgan fingerprint density at radius 1 is 1.00 bits per heavy atom. The maximum Gasteiger partial charge on any atom is 0.338 e. The molecule has 0 radical (unpaired) electrons. The third-order valence-electron chi connectivity index (χ3n) is 14.0. The maximum atomic E-state index is 14.6. The highest BCUT2D eigenvalue weighted by Crippen LogP contribution is 2.76. The van der Waals surface area contributed by atoms with Crippen molar-refractivity contribution in [3.63, 3.8) is 0 Å². The van der Waals surface area contributed by atoms with Gasteiger partial charge in [0.25, 0.3) is 0 Å². The zero-order valence-corrected chi connectivity index (χ0v) is 33.6. The van der Waals surface area contributed by atoms with Crippen molar-refractivity contribution in [2.75, 3.05) is 6.61 Å². The lowest BCUT2D eigenvalue weighted by Gasteiger charge is -2.73. The van der Waals surface area contributed by atoms with Gasteiger partial charge >= 0.3 is 23.9 Å². The maximum absolute atomic E-state index is 14.6. The average molecular weight is 767 g/mol. The van der Waals surface area contributed by atoms with Crippen molar-refractivity contribution in [3.8, 4) is 0 Å². The summed E-state index contributed by atoms with van der Waals surface area (Å²) in [6.07, 6.45) is -3.59. The van der Waals surface area contributed by atoms with Crippen LogP contribution in [0, 0.1) is 28.1 Å². The normalized spacial score (nSPS) is 38.3. The second-order valence-electron chi connectivity index (χ2n) is 17.7. The fourth-order valence-corrected chi connectivity index (χ4v) is 11.1. The molecule has 1 aromatic rings. The summed E-state index contributed by atoms with van der Waals surface area (Å²) in [6.45, 7) is 19.6. The second kappa shape index (κ2) is 14.4. The molecule has 55 heavy (non-hydrogen) atoms. The Labute approximate surface area is 323 Å². The third-order valence-corrected chi connectivity index (χ3v) is 14.0. The number of carbonyl (C=O) groups is 4. The van der Waals surface area contributed by atoms with Crippen LogP contribution < -0.4 is 0 Å². The predicted octanol–water partition coefficient (Wildman–Crippen LogP) is 5.42. The number of hydrogen-bond acceptors (Lipinski definition) is 12. The number of benzene rings is 1. The Morgan fingerprint density at radius 3 is 2.22 bits per heavy atom. The fraction of sp³-hybridized carbons (Fsp3) is 0.674. The highest BCUT2D eigenvalue weighted by molar-refractivity contribution is 5.89. The smallest absolute Gasteiger partial charge is 0.338 e. The van der Waals surface area contributed by atoms with E-state index in [9.17, 15) is 29.4 Å². The lowest BCUT2D eigenvalue weighted by atomic mass is 9.39. The van der Waals surface area contributed by atoms with Gasteiger partial charge in [0, 0.05) is 38.0 Å². The van der Waals surface area contributed by atoms with Gasteiger partial charge in [0.05, 0.1) is 40.8 Å². The molecule has 2 N–H and O–H groups in total. The molecule has 3 aliphatic carbocycles. The van der Waals surface area contributed by atoms with Crippen LogP contribution in [0.5, 0.6) is 0 Å². The summed E-state index contributed by atoms with van der Waals surface area (Å²) in [7, 11) is 0. The van der Waals surface area contributed by atoms with Gasteiger partial charge in [-0.25, -0.2) is 9.59 Å². The number of aliphatic hydroxyl groups excluding tert-OH is 1. The molecule has 12 atom stereocenters. The largest absolute Gasteiger partial charge is 0.458 e. The molecule has 0 amide bonds. The Hall–Kier alpha value is -3.58. The van der Waals surface area contributed by atoms with Gasteiger partial charge in [-0.15, -0.1) is 6.58 Å². The molecule has 2 saturated carbocycles. The van der Waals surface area contributed by atoms with E-state index in [0.717, 1.165) is 0 Å². The van der Waals surface area contributed by atoms with E-state index in [2.05, 4.69) is 6.58 Å². The molecule has 3 unspecified atom stereocenters. The van der Waals surface area contributed by atoms with Gasteiger partial charge in [0.2, 0.25) is 0 Å². The minimum Gasteiger partial charge on any atom is -0.458 e. The van der Waals surface area contributed by atoms with Crippen LogP contribution in [-0.2, 0) is 42.8 Å². The molecule has 12 nitrogen and oxygen atoms in total. The first-order valence-corrected chi connectivity index (χ1v) is 19.5. The summed E-state index contributed by atoms with van der Waals surface area (Å²) in [5, 5.41) is 23.8. The Bertz CT molecular complexity index is 1730. The van der Waals surface area contributed by atoms with Gasteiger partial charge in [0.15, 0.2) is 11.7 Å². The van der Waals surface area contributed by atoms with Crippen LogP contribution in [0.25, 0.3) is 0 Å². The molecular weight excluding hydrogens is 708 g/mol. The van der Waals surface area contributed by atoms with Crippen molar-refractivity contribution in [1.29, 1.82) is 0 Å². The summed E-state index contributed by atoms with van der Waals surface area (Å²) < 4.78 is 39.0. The van der Waals surface area contributed by atoms with Crippen LogP contribution in [0.3, 0.4) is 0 Å². The molecule has 4 fully saturated rings. The van der Waals surface area contributed by atoms with Crippen LogP contribution in [0.2, 0.25) is 0 Å². The predicted molar refractivity (Wildman–Crippen MR) is 199 cm³/mol. The molecule has 2 aliphatic heterocycles. The Balaban J connectivity index is 1.68. The van der Waals surface area contributed by atoms with E-state index in [0.29, 0.717) is 30.4 Å². The van der Waals surface area contributed by atoms with Crippen molar-refractivity contribution in [2.24, 2.45) is 28.1 Å². The summed E-state index contributed by atoms with van der Waals surface area (Å²) in [5.74, 6) is -3.02. The SMILES string of the molecule is C=CC1C[C@H]2[C@@H](OC(C)=O)C3=C(C)[C@@H](OC(=O)C(O)CCC(C)C)CC3(C(C)(C)O)[C@@H](OC(=O)c3ccccc3)[C@@]3(C)[C@@]2(C)[C@H](C[C@H]2OC[C@]23OC(C)=O)O1. The van der Waals surface area contributed by atoms with E-state index in [1.807, 2.05) is 27.7 Å². The molecule has 6 rings (SSSR count). The summed E-state index contributed by atoms with van der Waals surface area (Å²) in [6, 6.07) is 8.47. The molecule has 2 saturated heterocycles. The zero-order chi connectivity index (χ0) is 40.5. The number of hydrogen-bond donors (Lipinski definition) is 2. The number of ether oxygens (including phenoxy) is 6. The van der Waals surface area contributed by atoms with Gasteiger partial charge in [-0.3, -0.25) is 9.59 Å².